The smallest absolute Gasteiger partial charge is 0.383 e. The molecule has 1 atom stereocenters. The third kappa shape index (κ3) is 3.44. The van der Waals surface area contributed by atoms with Gasteiger partial charge in [-0.15, -0.1) is 0 Å². The van der Waals surface area contributed by atoms with Gasteiger partial charge in [0.25, 0.3) is 5.91 Å². The number of H-pyrrole nitrogens is 1. The summed E-state index contributed by atoms with van der Waals surface area (Å²) in [4.78, 5) is 11.4. The van der Waals surface area contributed by atoms with Crippen molar-refractivity contribution >= 4 is 11.7 Å². The molecule has 90 valence electrons. The first kappa shape index (κ1) is 12.3. The van der Waals surface area contributed by atoms with Crippen LogP contribution >= 0.6 is 0 Å². The Morgan fingerprint density at radius 1 is 1.69 bits per heavy atom. The van der Waals surface area contributed by atoms with Crippen LogP contribution in [0, 0.1) is 0 Å². The summed E-state index contributed by atoms with van der Waals surface area (Å²) >= 11 is 0. The summed E-state index contributed by atoms with van der Waals surface area (Å²) in [6.07, 6.45) is -4.24. The van der Waals surface area contributed by atoms with Gasteiger partial charge in [-0.05, 0) is 6.92 Å². The molecule has 8 heteroatoms. The number of carbonyl (C=O) groups excluding carboxylic acids is 1. The largest absolute Gasteiger partial charge is 0.391 e. The van der Waals surface area contributed by atoms with E-state index in [1.807, 2.05) is 0 Å². The molecule has 1 unspecified atom stereocenters. The van der Waals surface area contributed by atoms with Crippen molar-refractivity contribution in [1.82, 2.24) is 15.5 Å². The van der Waals surface area contributed by atoms with E-state index in [4.69, 9.17) is 5.73 Å². The number of nitrogens with two attached hydrogens (primary N) is 1. The van der Waals surface area contributed by atoms with Crippen LogP contribution in [0.1, 0.15) is 23.7 Å². The van der Waals surface area contributed by atoms with Crippen molar-refractivity contribution in [2.75, 3.05) is 5.73 Å². The maximum absolute atomic E-state index is 12.0. The maximum atomic E-state index is 12.0. The summed E-state index contributed by atoms with van der Waals surface area (Å²) in [5, 5.41) is 7.99. The molecule has 1 rings (SSSR count). The number of anilines is 1. The lowest BCUT2D eigenvalue weighted by atomic mass is 10.2. The van der Waals surface area contributed by atoms with Crippen LogP contribution in [-0.2, 0) is 0 Å². The molecule has 0 radical (unpaired) electrons. The summed E-state index contributed by atoms with van der Waals surface area (Å²) in [6.45, 7) is 1.27. The van der Waals surface area contributed by atoms with Crippen LogP contribution in [0.15, 0.2) is 6.20 Å². The molecular formula is C8H11F3N4O. The summed E-state index contributed by atoms with van der Waals surface area (Å²) < 4.78 is 36.0. The Bertz CT molecular complexity index is 374. The molecule has 5 nitrogen and oxygen atoms in total. The zero-order chi connectivity index (χ0) is 12.3. The summed E-state index contributed by atoms with van der Waals surface area (Å²) in [5.41, 5.74) is 5.38. The van der Waals surface area contributed by atoms with Gasteiger partial charge >= 0.3 is 6.18 Å². The van der Waals surface area contributed by atoms with Gasteiger partial charge in [-0.25, -0.2) is 0 Å². The maximum Gasteiger partial charge on any atom is 0.391 e. The Balaban J connectivity index is 2.56. The number of aromatic amines is 1. The normalized spacial score (nSPS) is 13.5. The van der Waals surface area contributed by atoms with Gasteiger partial charge in [0.2, 0.25) is 0 Å². The van der Waals surface area contributed by atoms with Gasteiger partial charge in [0.05, 0.1) is 12.6 Å². The fraction of sp³-hybridized carbons (Fsp3) is 0.500. The third-order valence-corrected chi connectivity index (χ3v) is 1.83. The zero-order valence-electron chi connectivity index (χ0n) is 8.43. The summed E-state index contributed by atoms with van der Waals surface area (Å²) in [5.74, 6) is -0.653. The van der Waals surface area contributed by atoms with E-state index in [0.717, 1.165) is 6.20 Å². The van der Waals surface area contributed by atoms with E-state index in [1.165, 1.54) is 6.92 Å². The average Bonchev–Trinajstić information content (AvgIpc) is 2.47. The van der Waals surface area contributed by atoms with E-state index in [2.05, 4.69) is 15.5 Å². The minimum atomic E-state index is -4.31. The quantitative estimate of drug-likeness (QED) is 0.733. The van der Waals surface area contributed by atoms with Crippen molar-refractivity contribution in [3.63, 3.8) is 0 Å². The van der Waals surface area contributed by atoms with Crippen LogP contribution in [0.2, 0.25) is 0 Å². The Morgan fingerprint density at radius 3 is 2.75 bits per heavy atom. The lowest BCUT2D eigenvalue weighted by Crippen LogP contribution is -2.36. The third-order valence-electron chi connectivity index (χ3n) is 1.83. The Hall–Kier alpha value is -1.73. The van der Waals surface area contributed by atoms with Crippen LogP contribution in [0.25, 0.3) is 0 Å². The highest BCUT2D eigenvalue weighted by Crippen LogP contribution is 2.21. The van der Waals surface area contributed by atoms with Crippen molar-refractivity contribution in [3.05, 3.63) is 11.8 Å². The number of alkyl halides is 3. The highest BCUT2D eigenvalue weighted by atomic mass is 19.4. The van der Waals surface area contributed by atoms with Gasteiger partial charge in [0.1, 0.15) is 11.4 Å². The lowest BCUT2D eigenvalue weighted by Gasteiger charge is -2.15. The lowest BCUT2D eigenvalue weighted by molar-refractivity contribution is -0.138. The van der Waals surface area contributed by atoms with Crippen LogP contribution < -0.4 is 11.1 Å². The second-order valence-corrected chi connectivity index (χ2v) is 3.39. The summed E-state index contributed by atoms with van der Waals surface area (Å²) in [7, 11) is 0. The number of hydrogen-bond donors (Lipinski definition) is 3. The first-order valence-electron chi connectivity index (χ1n) is 4.46. The van der Waals surface area contributed by atoms with E-state index in [0.29, 0.717) is 0 Å². The molecule has 0 aliphatic rings. The number of nitrogens with one attached hydrogen (secondary N) is 2. The van der Waals surface area contributed by atoms with Gasteiger partial charge in [-0.1, -0.05) is 0 Å². The fourth-order valence-corrected chi connectivity index (χ4v) is 1.18. The molecule has 4 N–H and O–H groups in total. The molecule has 0 fully saturated rings. The SMILES string of the molecule is CC(CC(F)(F)F)NC(=O)c1cn[nH]c1N. The van der Waals surface area contributed by atoms with Crippen molar-refractivity contribution in [2.24, 2.45) is 0 Å². The van der Waals surface area contributed by atoms with Crippen LogP contribution in [0.4, 0.5) is 19.0 Å². The van der Waals surface area contributed by atoms with E-state index >= 15 is 0 Å². The van der Waals surface area contributed by atoms with Crippen molar-refractivity contribution in [1.29, 1.82) is 0 Å². The number of halogens is 3. The first-order valence-corrected chi connectivity index (χ1v) is 4.46. The predicted octanol–water partition coefficient (Wildman–Crippen LogP) is 1.06. The van der Waals surface area contributed by atoms with Gasteiger partial charge in [0, 0.05) is 6.04 Å². The molecular weight excluding hydrogens is 225 g/mol. The molecule has 0 aromatic carbocycles. The number of carbonyl (C=O) groups is 1. The molecule has 1 aromatic rings. The number of aromatic nitrogens is 2. The second-order valence-electron chi connectivity index (χ2n) is 3.39. The van der Waals surface area contributed by atoms with E-state index in [9.17, 15) is 18.0 Å². The van der Waals surface area contributed by atoms with Crippen molar-refractivity contribution < 1.29 is 18.0 Å². The van der Waals surface area contributed by atoms with Crippen molar-refractivity contribution in [3.8, 4) is 0 Å². The van der Waals surface area contributed by atoms with E-state index in [-0.39, 0.29) is 11.4 Å². The standard InChI is InChI=1S/C8H11F3N4O/c1-4(2-8(9,10)11)14-7(16)5-3-13-15-6(5)12/h3-4H,2H2,1H3,(H,14,16)(H3,12,13,15). The first-order chi connectivity index (χ1) is 7.29. The zero-order valence-corrected chi connectivity index (χ0v) is 8.43. The fourth-order valence-electron chi connectivity index (χ4n) is 1.18. The van der Waals surface area contributed by atoms with Crippen LogP contribution in [0.5, 0.6) is 0 Å². The number of nitrogens with zero attached hydrogens (tertiary/aromatic N) is 1. The highest BCUT2D eigenvalue weighted by molar-refractivity contribution is 5.98. The van der Waals surface area contributed by atoms with E-state index < -0.39 is 24.5 Å². The van der Waals surface area contributed by atoms with Crippen molar-refractivity contribution in [2.45, 2.75) is 25.6 Å². The number of amides is 1. The minimum absolute atomic E-state index is 0.0247. The van der Waals surface area contributed by atoms with Crippen LogP contribution in [0.3, 0.4) is 0 Å². The highest BCUT2D eigenvalue weighted by Gasteiger charge is 2.30. The molecule has 0 aliphatic carbocycles. The molecule has 0 saturated carbocycles. The summed E-state index contributed by atoms with van der Waals surface area (Å²) in [6, 6.07) is -1.01. The number of rotatable bonds is 3. The van der Waals surface area contributed by atoms with Gasteiger partial charge in [-0.3, -0.25) is 9.89 Å². The van der Waals surface area contributed by atoms with Gasteiger partial charge in [0.15, 0.2) is 0 Å². The molecule has 0 saturated heterocycles. The predicted molar refractivity (Wildman–Crippen MR) is 50.6 cm³/mol. The minimum Gasteiger partial charge on any atom is -0.383 e. The molecule has 0 aliphatic heterocycles. The molecule has 0 bridgehead atoms. The number of hydrogen-bond acceptors (Lipinski definition) is 3. The Morgan fingerprint density at radius 2 is 2.31 bits per heavy atom. The Kier molecular flexibility index (Phi) is 3.41. The molecule has 0 spiro atoms. The molecule has 1 heterocycles. The second kappa shape index (κ2) is 4.42. The van der Waals surface area contributed by atoms with Gasteiger partial charge < -0.3 is 11.1 Å². The Labute approximate surface area is 89.2 Å². The average molecular weight is 236 g/mol. The topological polar surface area (TPSA) is 83.8 Å². The molecule has 16 heavy (non-hydrogen) atoms. The number of nitrogen functional groups attached to an aromatic ring is 1. The molecule has 1 amide bonds. The molecule has 1 aromatic heterocycles. The van der Waals surface area contributed by atoms with E-state index in [1.54, 1.807) is 0 Å². The van der Waals surface area contributed by atoms with Gasteiger partial charge in [-0.2, -0.15) is 18.3 Å². The van der Waals surface area contributed by atoms with Crippen LogP contribution in [-0.4, -0.2) is 28.3 Å². The monoisotopic (exact) mass is 236 g/mol.